The third-order valence-electron chi connectivity index (χ3n) is 3.60. The van der Waals surface area contributed by atoms with Gasteiger partial charge in [-0.1, -0.05) is 12.1 Å². The molecule has 0 fully saturated rings. The predicted octanol–water partition coefficient (Wildman–Crippen LogP) is 3.19. The molecule has 2 N–H and O–H groups in total. The number of nitrogens with zero attached hydrogens (tertiary/aromatic N) is 2. The van der Waals surface area contributed by atoms with Crippen molar-refractivity contribution < 1.29 is 9.13 Å². The van der Waals surface area contributed by atoms with Crippen molar-refractivity contribution in [1.82, 2.24) is 9.78 Å². The van der Waals surface area contributed by atoms with Crippen molar-refractivity contribution in [2.45, 2.75) is 6.42 Å². The Bertz CT molecular complexity index is 796. The van der Waals surface area contributed by atoms with E-state index < -0.39 is 0 Å². The van der Waals surface area contributed by atoms with Gasteiger partial charge in [0.05, 0.1) is 24.2 Å². The van der Waals surface area contributed by atoms with Crippen LogP contribution >= 0.6 is 0 Å². The average Bonchev–Trinajstić information content (AvgIpc) is 3.00. The van der Waals surface area contributed by atoms with E-state index in [-0.39, 0.29) is 5.82 Å². The molecule has 3 rings (SSSR count). The number of rotatable bonds is 5. The maximum atomic E-state index is 13.2. The van der Waals surface area contributed by atoms with E-state index in [1.165, 1.54) is 12.1 Å². The van der Waals surface area contributed by atoms with Gasteiger partial charge < -0.3 is 10.5 Å². The van der Waals surface area contributed by atoms with Crippen LogP contribution < -0.4 is 10.5 Å². The predicted molar refractivity (Wildman–Crippen MR) is 88.3 cm³/mol. The molecule has 0 saturated carbocycles. The first-order valence-corrected chi connectivity index (χ1v) is 7.40. The molecule has 0 atom stereocenters. The first-order chi connectivity index (χ1) is 11.2. The number of benzene rings is 2. The first-order valence-electron chi connectivity index (χ1n) is 7.40. The minimum atomic E-state index is -0.272. The van der Waals surface area contributed by atoms with Crippen molar-refractivity contribution in [2.75, 3.05) is 13.7 Å². The van der Waals surface area contributed by atoms with Crippen molar-refractivity contribution in [1.29, 1.82) is 0 Å². The molecule has 0 aliphatic rings. The zero-order valence-corrected chi connectivity index (χ0v) is 12.9. The van der Waals surface area contributed by atoms with E-state index in [0.29, 0.717) is 13.0 Å². The molecule has 0 amide bonds. The van der Waals surface area contributed by atoms with E-state index in [1.807, 2.05) is 30.3 Å². The summed E-state index contributed by atoms with van der Waals surface area (Å²) in [5.74, 6) is 0.501. The second-order valence-corrected chi connectivity index (χ2v) is 5.18. The number of ether oxygens (including phenoxy) is 1. The fourth-order valence-electron chi connectivity index (χ4n) is 2.47. The summed E-state index contributed by atoms with van der Waals surface area (Å²) in [4.78, 5) is 0. The molecule has 0 saturated heterocycles. The lowest BCUT2D eigenvalue weighted by atomic mass is 10.1. The summed E-state index contributed by atoms with van der Waals surface area (Å²) in [6.07, 6.45) is 0.686. The molecule has 1 heterocycles. The van der Waals surface area contributed by atoms with Crippen molar-refractivity contribution in [3.05, 3.63) is 66.1 Å². The molecule has 3 aromatic rings. The largest absolute Gasteiger partial charge is 0.497 e. The molecule has 23 heavy (non-hydrogen) atoms. The van der Waals surface area contributed by atoms with E-state index in [9.17, 15) is 4.39 Å². The van der Waals surface area contributed by atoms with Gasteiger partial charge in [0.2, 0.25) is 0 Å². The molecule has 5 heteroatoms. The summed E-state index contributed by atoms with van der Waals surface area (Å²) in [6, 6.07) is 16.0. The Morgan fingerprint density at radius 1 is 1.13 bits per heavy atom. The van der Waals surface area contributed by atoms with Crippen LogP contribution in [-0.4, -0.2) is 23.4 Å². The van der Waals surface area contributed by atoms with Gasteiger partial charge in [0.25, 0.3) is 0 Å². The molecule has 0 aliphatic carbocycles. The Hall–Kier alpha value is -2.66. The van der Waals surface area contributed by atoms with Crippen molar-refractivity contribution >= 4 is 0 Å². The van der Waals surface area contributed by atoms with Gasteiger partial charge >= 0.3 is 0 Å². The Labute approximate surface area is 134 Å². The van der Waals surface area contributed by atoms with E-state index in [2.05, 4.69) is 5.10 Å². The fraction of sp³-hybridized carbons (Fsp3) is 0.167. The van der Waals surface area contributed by atoms with Crippen molar-refractivity contribution in [3.63, 3.8) is 0 Å². The highest BCUT2D eigenvalue weighted by Gasteiger charge is 2.12. The molecule has 0 radical (unpaired) electrons. The van der Waals surface area contributed by atoms with Crippen LogP contribution in [0.1, 0.15) is 5.69 Å². The van der Waals surface area contributed by atoms with Gasteiger partial charge in [0.15, 0.2) is 0 Å². The van der Waals surface area contributed by atoms with Gasteiger partial charge in [0, 0.05) is 12.0 Å². The van der Waals surface area contributed by atoms with Crippen LogP contribution in [0.5, 0.6) is 5.75 Å². The van der Waals surface area contributed by atoms with E-state index >= 15 is 0 Å². The summed E-state index contributed by atoms with van der Waals surface area (Å²) in [5.41, 5.74) is 9.23. The van der Waals surface area contributed by atoms with Gasteiger partial charge in [-0.2, -0.15) is 5.10 Å². The lowest BCUT2D eigenvalue weighted by Gasteiger charge is -2.09. The lowest BCUT2D eigenvalue weighted by molar-refractivity contribution is 0.415. The van der Waals surface area contributed by atoms with E-state index in [1.54, 1.807) is 23.9 Å². The Morgan fingerprint density at radius 3 is 2.61 bits per heavy atom. The zero-order chi connectivity index (χ0) is 16.2. The molecule has 118 valence electrons. The summed E-state index contributed by atoms with van der Waals surface area (Å²) < 4.78 is 20.3. The maximum absolute atomic E-state index is 13.2. The number of halogens is 1. The van der Waals surface area contributed by atoms with Crippen molar-refractivity contribution in [3.8, 4) is 22.7 Å². The minimum absolute atomic E-state index is 0.272. The highest BCUT2D eigenvalue weighted by molar-refractivity contribution is 5.64. The van der Waals surface area contributed by atoms with Crippen LogP contribution in [-0.2, 0) is 6.42 Å². The zero-order valence-electron chi connectivity index (χ0n) is 12.9. The first kappa shape index (κ1) is 15.2. The summed E-state index contributed by atoms with van der Waals surface area (Å²) >= 11 is 0. The monoisotopic (exact) mass is 311 g/mol. The molecule has 4 nitrogen and oxygen atoms in total. The van der Waals surface area contributed by atoms with Crippen LogP contribution in [0.4, 0.5) is 4.39 Å². The maximum Gasteiger partial charge on any atom is 0.123 e. The van der Waals surface area contributed by atoms with Crippen LogP contribution in [0.2, 0.25) is 0 Å². The third-order valence-corrected chi connectivity index (χ3v) is 3.60. The topological polar surface area (TPSA) is 53.1 Å². The third kappa shape index (κ3) is 3.24. The fourth-order valence-corrected chi connectivity index (χ4v) is 2.47. The van der Waals surface area contributed by atoms with Crippen LogP contribution in [0.25, 0.3) is 16.9 Å². The Morgan fingerprint density at radius 2 is 1.91 bits per heavy atom. The molecular formula is C18H18FN3O. The Balaban J connectivity index is 2.12. The second-order valence-electron chi connectivity index (χ2n) is 5.18. The second kappa shape index (κ2) is 6.62. The van der Waals surface area contributed by atoms with Crippen LogP contribution in [0.3, 0.4) is 0 Å². The smallest absolute Gasteiger partial charge is 0.123 e. The molecule has 1 aromatic heterocycles. The van der Waals surface area contributed by atoms with Gasteiger partial charge in [-0.05, 0) is 49.0 Å². The van der Waals surface area contributed by atoms with Gasteiger partial charge in [-0.15, -0.1) is 0 Å². The number of nitrogens with two attached hydrogens (primary N) is 1. The standard InChI is InChI=1S/C18H18FN3O/c1-23-17-4-2-3-13(11-17)18-12-15(9-10-20)21-22(18)16-7-5-14(19)6-8-16/h2-8,11-12H,9-10,20H2,1H3. The normalized spacial score (nSPS) is 10.7. The Kier molecular flexibility index (Phi) is 4.39. The summed E-state index contributed by atoms with van der Waals surface area (Å²) in [5, 5.41) is 4.61. The van der Waals surface area contributed by atoms with Gasteiger partial charge in [-0.3, -0.25) is 0 Å². The van der Waals surface area contributed by atoms with Crippen LogP contribution in [0.15, 0.2) is 54.6 Å². The van der Waals surface area contributed by atoms with E-state index in [4.69, 9.17) is 10.5 Å². The summed E-state index contributed by atoms with van der Waals surface area (Å²) in [7, 11) is 1.64. The number of methoxy groups -OCH3 is 1. The number of aromatic nitrogens is 2. The molecule has 2 aromatic carbocycles. The average molecular weight is 311 g/mol. The van der Waals surface area contributed by atoms with Crippen molar-refractivity contribution in [2.24, 2.45) is 5.73 Å². The molecule has 0 aliphatic heterocycles. The highest BCUT2D eigenvalue weighted by atomic mass is 19.1. The molecule has 0 spiro atoms. The minimum Gasteiger partial charge on any atom is -0.497 e. The van der Waals surface area contributed by atoms with E-state index in [0.717, 1.165) is 28.4 Å². The SMILES string of the molecule is COc1cccc(-c2cc(CCN)nn2-c2ccc(F)cc2)c1. The quantitative estimate of drug-likeness (QED) is 0.787. The summed E-state index contributed by atoms with van der Waals surface area (Å²) in [6.45, 7) is 0.526. The van der Waals surface area contributed by atoms with Gasteiger partial charge in [0.1, 0.15) is 11.6 Å². The molecule has 0 bridgehead atoms. The lowest BCUT2D eigenvalue weighted by Crippen LogP contribution is -2.04. The van der Waals surface area contributed by atoms with Crippen LogP contribution in [0, 0.1) is 5.82 Å². The van der Waals surface area contributed by atoms with Gasteiger partial charge in [-0.25, -0.2) is 9.07 Å². The molecule has 0 unspecified atom stereocenters. The highest BCUT2D eigenvalue weighted by Crippen LogP contribution is 2.27. The number of hydrogen-bond donors (Lipinski definition) is 1. The number of hydrogen-bond acceptors (Lipinski definition) is 3. The molecular weight excluding hydrogens is 293 g/mol.